The van der Waals surface area contributed by atoms with Crippen molar-refractivity contribution in [3.8, 4) is 0 Å². The predicted molar refractivity (Wildman–Crippen MR) is 76.1 cm³/mol. The third kappa shape index (κ3) is 2.96. The third-order valence-electron chi connectivity index (χ3n) is 2.82. The summed E-state index contributed by atoms with van der Waals surface area (Å²) in [6.45, 7) is 2.16. The van der Waals surface area contributed by atoms with Gasteiger partial charge in [0.25, 0.3) is 0 Å². The molecule has 0 unspecified atom stereocenters. The fourth-order valence-corrected chi connectivity index (χ4v) is 2.70. The molecule has 1 aromatic carbocycles. The molecule has 0 N–H and O–H groups in total. The first-order chi connectivity index (χ1) is 8.18. The maximum absolute atomic E-state index is 4.55. The van der Waals surface area contributed by atoms with E-state index in [1.54, 1.807) is 11.5 Å². The van der Waals surface area contributed by atoms with Crippen LogP contribution in [-0.2, 0) is 0 Å². The van der Waals surface area contributed by atoms with Gasteiger partial charge >= 0.3 is 0 Å². The van der Waals surface area contributed by atoms with Gasteiger partial charge in [-0.1, -0.05) is 12.1 Å². The Bertz CT molecular complexity index is 478. The van der Waals surface area contributed by atoms with Crippen LogP contribution >= 0.6 is 11.5 Å². The lowest BCUT2D eigenvalue weighted by atomic mass is 10.2. The van der Waals surface area contributed by atoms with E-state index in [0.717, 1.165) is 25.3 Å². The van der Waals surface area contributed by atoms with Gasteiger partial charge in [-0.15, -0.1) is 0 Å². The summed E-state index contributed by atoms with van der Waals surface area (Å²) in [5.41, 5.74) is 0. The van der Waals surface area contributed by atoms with Gasteiger partial charge in [0.1, 0.15) is 5.82 Å². The van der Waals surface area contributed by atoms with Crippen molar-refractivity contribution >= 4 is 27.4 Å². The van der Waals surface area contributed by atoms with Crippen molar-refractivity contribution in [2.75, 3.05) is 39.1 Å². The van der Waals surface area contributed by atoms with Crippen molar-refractivity contribution in [2.45, 2.75) is 6.42 Å². The quantitative estimate of drug-likeness (QED) is 0.812. The molecule has 0 aliphatic heterocycles. The van der Waals surface area contributed by atoms with E-state index in [4.69, 9.17) is 0 Å². The summed E-state index contributed by atoms with van der Waals surface area (Å²) in [5.74, 6) is 1.12. The summed E-state index contributed by atoms with van der Waals surface area (Å²) in [6, 6.07) is 8.42. The van der Waals surface area contributed by atoms with Crippen molar-refractivity contribution in [1.82, 2.24) is 9.27 Å². The Balaban J connectivity index is 2.06. The molecule has 0 fully saturated rings. The van der Waals surface area contributed by atoms with E-state index < -0.39 is 0 Å². The molecule has 3 nitrogen and oxygen atoms in total. The van der Waals surface area contributed by atoms with Crippen molar-refractivity contribution in [1.29, 1.82) is 0 Å². The van der Waals surface area contributed by atoms with E-state index in [9.17, 15) is 0 Å². The molecule has 0 spiro atoms. The molecular formula is C13H19N3S. The van der Waals surface area contributed by atoms with Crippen LogP contribution in [0.25, 0.3) is 10.1 Å². The summed E-state index contributed by atoms with van der Waals surface area (Å²) < 4.78 is 5.81. The van der Waals surface area contributed by atoms with E-state index >= 15 is 0 Å². The van der Waals surface area contributed by atoms with Crippen LogP contribution in [0.15, 0.2) is 24.3 Å². The highest BCUT2D eigenvalue weighted by molar-refractivity contribution is 7.13. The SMILES string of the molecule is CN(C)CCCN(C)c1nsc2ccccc12. The number of hydrogen-bond donors (Lipinski definition) is 0. The molecule has 0 saturated carbocycles. The monoisotopic (exact) mass is 249 g/mol. The number of rotatable bonds is 5. The van der Waals surface area contributed by atoms with Crippen molar-refractivity contribution in [3.05, 3.63) is 24.3 Å². The van der Waals surface area contributed by atoms with E-state index in [2.05, 4.69) is 59.6 Å². The van der Waals surface area contributed by atoms with Crippen LogP contribution < -0.4 is 4.90 Å². The summed E-state index contributed by atoms with van der Waals surface area (Å²) >= 11 is 1.58. The maximum Gasteiger partial charge on any atom is 0.149 e. The number of benzene rings is 1. The van der Waals surface area contributed by atoms with Crippen LogP contribution in [0.4, 0.5) is 5.82 Å². The fourth-order valence-electron chi connectivity index (χ4n) is 1.88. The number of anilines is 1. The normalized spacial score (nSPS) is 11.3. The Labute approximate surface area is 107 Å². The Kier molecular flexibility index (Phi) is 3.97. The topological polar surface area (TPSA) is 19.4 Å². The Morgan fingerprint density at radius 3 is 2.65 bits per heavy atom. The second kappa shape index (κ2) is 5.47. The van der Waals surface area contributed by atoms with Crippen LogP contribution in [0, 0.1) is 0 Å². The van der Waals surface area contributed by atoms with Gasteiger partial charge in [-0.05, 0) is 50.7 Å². The Hall–Kier alpha value is -1.13. The Morgan fingerprint density at radius 1 is 1.12 bits per heavy atom. The highest BCUT2D eigenvalue weighted by Crippen LogP contribution is 2.28. The van der Waals surface area contributed by atoms with Crippen molar-refractivity contribution in [3.63, 3.8) is 0 Å². The maximum atomic E-state index is 4.55. The molecule has 0 bridgehead atoms. The largest absolute Gasteiger partial charge is 0.358 e. The number of fused-ring (bicyclic) bond motifs is 1. The molecule has 2 rings (SSSR count). The molecule has 0 amide bonds. The van der Waals surface area contributed by atoms with E-state index in [1.807, 2.05) is 0 Å². The second-order valence-corrected chi connectivity index (χ2v) is 5.39. The highest BCUT2D eigenvalue weighted by atomic mass is 32.1. The zero-order chi connectivity index (χ0) is 12.3. The minimum absolute atomic E-state index is 1.05. The lowest BCUT2D eigenvalue weighted by molar-refractivity contribution is 0.401. The molecule has 17 heavy (non-hydrogen) atoms. The van der Waals surface area contributed by atoms with Gasteiger partial charge in [-0.25, -0.2) is 0 Å². The molecule has 0 aliphatic rings. The average Bonchev–Trinajstić information content (AvgIpc) is 2.72. The van der Waals surface area contributed by atoms with E-state index in [0.29, 0.717) is 0 Å². The first kappa shape index (κ1) is 12.3. The van der Waals surface area contributed by atoms with Gasteiger partial charge in [-0.2, -0.15) is 4.37 Å². The number of nitrogens with zero attached hydrogens (tertiary/aromatic N) is 3. The number of hydrogen-bond acceptors (Lipinski definition) is 4. The first-order valence-corrected chi connectivity index (χ1v) is 6.66. The summed E-state index contributed by atoms with van der Waals surface area (Å²) in [4.78, 5) is 4.47. The molecule has 1 aromatic heterocycles. The third-order valence-corrected chi connectivity index (χ3v) is 3.64. The fraction of sp³-hybridized carbons (Fsp3) is 0.462. The molecule has 0 aliphatic carbocycles. The lowest BCUT2D eigenvalue weighted by Crippen LogP contribution is -2.23. The first-order valence-electron chi connectivity index (χ1n) is 5.89. The van der Waals surface area contributed by atoms with Gasteiger partial charge in [0, 0.05) is 19.0 Å². The van der Waals surface area contributed by atoms with Crippen LogP contribution in [0.5, 0.6) is 0 Å². The highest BCUT2D eigenvalue weighted by Gasteiger charge is 2.09. The second-order valence-electron chi connectivity index (χ2n) is 4.58. The molecule has 4 heteroatoms. The van der Waals surface area contributed by atoms with Gasteiger partial charge in [-0.3, -0.25) is 0 Å². The minimum atomic E-state index is 1.05. The zero-order valence-corrected chi connectivity index (χ0v) is 11.5. The summed E-state index contributed by atoms with van der Waals surface area (Å²) in [7, 11) is 6.34. The van der Waals surface area contributed by atoms with Gasteiger partial charge in [0.15, 0.2) is 0 Å². The smallest absolute Gasteiger partial charge is 0.149 e. The minimum Gasteiger partial charge on any atom is -0.358 e. The molecule has 1 heterocycles. The van der Waals surface area contributed by atoms with Crippen molar-refractivity contribution < 1.29 is 0 Å². The predicted octanol–water partition coefficient (Wildman–Crippen LogP) is 2.68. The Morgan fingerprint density at radius 2 is 1.88 bits per heavy atom. The van der Waals surface area contributed by atoms with Crippen LogP contribution in [0.2, 0.25) is 0 Å². The number of aromatic nitrogens is 1. The lowest BCUT2D eigenvalue weighted by Gasteiger charge is -2.18. The molecular weight excluding hydrogens is 230 g/mol. The van der Waals surface area contributed by atoms with Crippen LogP contribution in [0.1, 0.15) is 6.42 Å². The van der Waals surface area contributed by atoms with Crippen LogP contribution in [0.3, 0.4) is 0 Å². The molecule has 2 aromatic rings. The molecule has 0 atom stereocenters. The molecule has 0 radical (unpaired) electrons. The molecule has 92 valence electrons. The van der Waals surface area contributed by atoms with Gasteiger partial charge in [0.05, 0.1) is 4.70 Å². The van der Waals surface area contributed by atoms with Gasteiger partial charge < -0.3 is 9.80 Å². The average molecular weight is 249 g/mol. The zero-order valence-electron chi connectivity index (χ0n) is 10.7. The standard InChI is InChI=1S/C13H19N3S/c1-15(2)9-6-10-16(3)13-11-7-4-5-8-12(11)17-14-13/h4-5,7-8H,6,9-10H2,1-3H3. The van der Waals surface area contributed by atoms with Crippen molar-refractivity contribution in [2.24, 2.45) is 0 Å². The van der Waals surface area contributed by atoms with Crippen LogP contribution in [-0.4, -0.2) is 43.5 Å². The van der Waals surface area contributed by atoms with Gasteiger partial charge in [0.2, 0.25) is 0 Å². The molecule has 0 saturated heterocycles. The van der Waals surface area contributed by atoms with E-state index in [1.165, 1.54) is 10.1 Å². The summed E-state index contributed by atoms with van der Waals surface area (Å²) in [6.07, 6.45) is 1.16. The van der Waals surface area contributed by atoms with E-state index in [-0.39, 0.29) is 0 Å². The summed E-state index contributed by atoms with van der Waals surface area (Å²) in [5, 5.41) is 1.27.